The smallest absolute Gasteiger partial charge is 0.335 e. The molecule has 0 heterocycles. The average Bonchev–Trinajstić information content (AvgIpc) is 3.09. The van der Waals surface area contributed by atoms with Gasteiger partial charge in [-0.2, -0.15) is 0 Å². The van der Waals surface area contributed by atoms with Crippen LogP contribution in [0.5, 0.6) is 0 Å². The van der Waals surface area contributed by atoms with E-state index in [1.54, 1.807) is 0 Å². The molecule has 6 heteroatoms. The number of amides is 1. The molecule has 2 atom stereocenters. The molecule has 0 aliphatic heterocycles. The zero-order valence-electron chi connectivity index (χ0n) is 9.29. The van der Waals surface area contributed by atoms with Gasteiger partial charge in [-0.3, -0.25) is 9.59 Å². The number of aliphatic carboxylic acids is 1. The standard InChI is InChI=1S/C12H11NO5/c14-10(8-5-9(8)12(17)18)13-7-3-1-6(2-4-7)11(15)16/h1-4,8-9H,5H2,(H,13,14)(H,15,16)(H,17,18)/t8-,9-/m0/s1. The van der Waals surface area contributed by atoms with Gasteiger partial charge in [0.2, 0.25) is 5.91 Å². The molecule has 1 amide bonds. The summed E-state index contributed by atoms with van der Waals surface area (Å²) in [4.78, 5) is 32.8. The van der Waals surface area contributed by atoms with Crippen LogP contribution in [0.2, 0.25) is 0 Å². The summed E-state index contributed by atoms with van der Waals surface area (Å²) < 4.78 is 0. The molecule has 94 valence electrons. The van der Waals surface area contributed by atoms with E-state index >= 15 is 0 Å². The Morgan fingerprint density at radius 3 is 2.11 bits per heavy atom. The Kier molecular flexibility index (Phi) is 3.01. The zero-order valence-corrected chi connectivity index (χ0v) is 9.29. The van der Waals surface area contributed by atoms with Gasteiger partial charge in [0.15, 0.2) is 0 Å². The third-order valence-corrected chi connectivity index (χ3v) is 2.84. The van der Waals surface area contributed by atoms with Crippen molar-refractivity contribution in [2.24, 2.45) is 11.8 Å². The molecule has 1 aromatic carbocycles. The predicted molar refractivity (Wildman–Crippen MR) is 61.3 cm³/mol. The lowest BCUT2D eigenvalue weighted by Gasteiger charge is -2.04. The first-order valence-electron chi connectivity index (χ1n) is 5.36. The van der Waals surface area contributed by atoms with Crippen molar-refractivity contribution in [1.29, 1.82) is 0 Å². The molecule has 3 N–H and O–H groups in total. The highest BCUT2D eigenvalue weighted by molar-refractivity contribution is 5.98. The van der Waals surface area contributed by atoms with E-state index in [4.69, 9.17) is 10.2 Å². The molecule has 0 aromatic heterocycles. The van der Waals surface area contributed by atoms with Gasteiger partial charge in [-0.25, -0.2) is 4.79 Å². The number of carboxylic acids is 2. The number of carbonyl (C=O) groups is 3. The van der Waals surface area contributed by atoms with Crippen LogP contribution in [0.15, 0.2) is 24.3 Å². The number of aromatic carboxylic acids is 1. The van der Waals surface area contributed by atoms with E-state index in [0.29, 0.717) is 12.1 Å². The van der Waals surface area contributed by atoms with Crippen molar-refractivity contribution in [3.8, 4) is 0 Å². The SMILES string of the molecule is O=C(O)c1ccc(NC(=O)[C@H]2C[C@@H]2C(=O)O)cc1. The van der Waals surface area contributed by atoms with Gasteiger partial charge in [0.1, 0.15) is 0 Å². The van der Waals surface area contributed by atoms with Crippen molar-refractivity contribution in [3.05, 3.63) is 29.8 Å². The molecule has 1 aromatic rings. The maximum atomic E-state index is 11.6. The van der Waals surface area contributed by atoms with Crippen LogP contribution in [-0.2, 0) is 9.59 Å². The first-order valence-corrected chi connectivity index (χ1v) is 5.36. The van der Waals surface area contributed by atoms with Crippen LogP contribution in [0.3, 0.4) is 0 Å². The lowest BCUT2D eigenvalue weighted by atomic mass is 10.2. The van der Waals surface area contributed by atoms with Crippen molar-refractivity contribution in [3.63, 3.8) is 0 Å². The normalized spacial score (nSPS) is 21.1. The molecule has 0 unspecified atom stereocenters. The minimum atomic E-state index is -1.04. The second-order valence-electron chi connectivity index (χ2n) is 4.16. The Labute approximate surface area is 102 Å². The Bertz CT molecular complexity index is 508. The topological polar surface area (TPSA) is 104 Å². The molecule has 1 aliphatic carbocycles. The summed E-state index contributed by atoms with van der Waals surface area (Å²) in [6.07, 6.45) is 0.356. The summed E-state index contributed by atoms with van der Waals surface area (Å²) in [7, 11) is 0. The van der Waals surface area contributed by atoms with Crippen LogP contribution in [0.1, 0.15) is 16.8 Å². The Hall–Kier alpha value is -2.37. The quantitative estimate of drug-likeness (QED) is 0.739. The Balaban J connectivity index is 1.96. The van der Waals surface area contributed by atoms with Gasteiger partial charge in [-0.15, -0.1) is 0 Å². The highest BCUT2D eigenvalue weighted by Crippen LogP contribution is 2.39. The van der Waals surface area contributed by atoms with E-state index in [0.717, 1.165) is 0 Å². The first kappa shape index (κ1) is 12.1. The van der Waals surface area contributed by atoms with Gasteiger partial charge in [0.05, 0.1) is 17.4 Å². The number of benzene rings is 1. The predicted octanol–water partition coefficient (Wildman–Crippen LogP) is 1.04. The van der Waals surface area contributed by atoms with Crippen LogP contribution in [0, 0.1) is 11.8 Å². The summed E-state index contributed by atoms with van der Waals surface area (Å²) in [5.74, 6) is -3.42. The fourth-order valence-electron chi connectivity index (χ4n) is 1.69. The lowest BCUT2D eigenvalue weighted by Crippen LogP contribution is -2.16. The molecular formula is C12H11NO5. The largest absolute Gasteiger partial charge is 0.481 e. The van der Waals surface area contributed by atoms with Gasteiger partial charge in [-0.05, 0) is 30.7 Å². The van der Waals surface area contributed by atoms with Gasteiger partial charge < -0.3 is 15.5 Å². The van der Waals surface area contributed by atoms with Gasteiger partial charge in [0, 0.05) is 5.69 Å². The average molecular weight is 249 g/mol. The molecule has 0 radical (unpaired) electrons. The molecule has 6 nitrogen and oxygen atoms in total. The fourth-order valence-corrected chi connectivity index (χ4v) is 1.69. The van der Waals surface area contributed by atoms with Gasteiger partial charge in [-0.1, -0.05) is 0 Å². The maximum absolute atomic E-state index is 11.6. The highest BCUT2D eigenvalue weighted by atomic mass is 16.4. The zero-order chi connectivity index (χ0) is 13.3. The maximum Gasteiger partial charge on any atom is 0.335 e. The van der Waals surface area contributed by atoms with Gasteiger partial charge >= 0.3 is 11.9 Å². The number of rotatable bonds is 4. The third kappa shape index (κ3) is 2.48. The van der Waals surface area contributed by atoms with Crippen LogP contribution in [0.4, 0.5) is 5.69 Å². The van der Waals surface area contributed by atoms with Crippen LogP contribution >= 0.6 is 0 Å². The van der Waals surface area contributed by atoms with E-state index in [9.17, 15) is 14.4 Å². The van der Waals surface area contributed by atoms with Crippen molar-refractivity contribution >= 4 is 23.5 Å². The Morgan fingerprint density at radius 2 is 1.67 bits per heavy atom. The molecule has 0 spiro atoms. The second kappa shape index (κ2) is 4.48. The second-order valence-corrected chi connectivity index (χ2v) is 4.16. The summed E-state index contributed by atoms with van der Waals surface area (Å²) in [6.45, 7) is 0. The summed E-state index contributed by atoms with van der Waals surface area (Å²) in [5, 5.41) is 19.9. The molecule has 1 saturated carbocycles. The number of anilines is 1. The lowest BCUT2D eigenvalue weighted by molar-refractivity contribution is -0.139. The Morgan fingerprint density at radius 1 is 1.06 bits per heavy atom. The van der Waals surface area contributed by atoms with E-state index in [1.165, 1.54) is 24.3 Å². The van der Waals surface area contributed by atoms with E-state index < -0.39 is 23.8 Å². The molecule has 0 saturated heterocycles. The number of nitrogens with one attached hydrogen (secondary N) is 1. The fraction of sp³-hybridized carbons (Fsp3) is 0.250. The van der Waals surface area contributed by atoms with E-state index in [1.807, 2.05) is 0 Å². The first-order chi connectivity index (χ1) is 8.49. The van der Waals surface area contributed by atoms with Crippen molar-refractivity contribution in [2.45, 2.75) is 6.42 Å². The molecule has 1 fully saturated rings. The molecule has 2 rings (SSSR count). The van der Waals surface area contributed by atoms with Crippen molar-refractivity contribution in [1.82, 2.24) is 0 Å². The monoisotopic (exact) mass is 249 g/mol. The number of carboxylic acid groups (broad SMARTS) is 2. The molecule has 1 aliphatic rings. The summed E-state index contributed by atoms with van der Waals surface area (Å²) >= 11 is 0. The summed E-state index contributed by atoms with van der Waals surface area (Å²) in [6, 6.07) is 5.69. The highest BCUT2D eigenvalue weighted by Gasteiger charge is 2.48. The number of carbonyl (C=O) groups excluding carboxylic acids is 1. The van der Waals surface area contributed by atoms with E-state index in [2.05, 4.69) is 5.32 Å². The minimum Gasteiger partial charge on any atom is -0.481 e. The number of hydrogen-bond acceptors (Lipinski definition) is 3. The molecular weight excluding hydrogens is 238 g/mol. The minimum absolute atomic E-state index is 0.128. The number of hydrogen-bond donors (Lipinski definition) is 3. The van der Waals surface area contributed by atoms with Crippen LogP contribution < -0.4 is 5.32 Å². The third-order valence-electron chi connectivity index (χ3n) is 2.84. The van der Waals surface area contributed by atoms with Crippen LogP contribution in [-0.4, -0.2) is 28.1 Å². The summed E-state index contributed by atoms with van der Waals surface area (Å²) in [5.41, 5.74) is 0.587. The van der Waals surface area contributed by atoms with Gasteiger partial charge in [0.25, 0.3) is 0 Å². The van der Waals surface area contributed by atoms with Crippen molar-refractivity contribution < 1.29 is 24.6 Å². The molecule has 0 bridgehead atoms. The van der Waals surface area contributed by atoms with Crippen LogP contribution in [0.25, 0.3) is 0 Å². The van der Waals surface area contributed by atoms with E-state index in [-0.39, 0.29) is 11.5 Å². The van der Waals surface area contributed by atoms with Crippen molar-refractivity contribution in [2.75, 3.05) is 5.32 Å². The molecule has 18 heavy (non-hydrogen) atoms.